The van der Waals surface area contributed by atoms with Gasteiger partial charge in [-0.3, -0.25) is 24.0 Å². The van der Waals surface area contributed by atoms with E-state index in [1.807, 2.05) is 0 Å². The number of carboxylic acids is 2. The van der Waals surface area contributed by atoms with E-state index in [4.69, 9.17) is 22.3 Å². The molecule has 1 heterocycles. The van der Waals surface area contributed by atoms with Crippen molar-refractivity contribution in [1.82, 2.24) is 15.5 Å². The average molecular weight is 487 g/mol. The Kier molecular flexibility index (Phi) is 11.9. The van der Waals surface area contributed by atoms with E-state index in [0.717, 1.165) is 4.90 Å². The molecule has 192 valence electrons. The fraction of sp³-hybridized carbons (Fsp3) is 0.700. The highest BCUT2D eigenvalue weighted by Gasteiger charge is 2.38. The van der Waals surface area contributed by atoms with Gasteiger partial charge < -0.3 is 42.9 Å². The second-order valence-electron chi connectivity index (χ2n) is 8.14. The van der Waals surface area contributed by atoms with E-state index in [0.29, 0.717) is 32.2 Å². The van der Waals surface area contributed by atoms with Crippen molar-refractivity contribution in [2.24, 2.45) is 17.2 Å². The van der Waals surface area contributed by atoms with Crippen LogP contribution in [-0.2, 0) is 28.8 Å². The van der Waals surface area contributed by atoms with E-state index < -0.39 is 72.6 Å². The molecule has 0 saturated carbocycles. The summed E-state index contributed by atoms with van der Waals surface area (Å²) in [5.74, 6) is -5.77. The summed E-state index contributed by atoms with van der Waals surface area (Å²) in [5, 5.41) is 23.0. The lowest BCUT2D eigenvalue weighted by Gasteiger charge is -2.28. The second kappa shape index (κ2) is 14.1. The molecule has 0 aliphatic carbocycles. The first-order valence-corrected chi connectivity index (χ1v) is 11.1. The molecular weight excluding hydrogens is 452 g/mol. The van der Waals surface area contributed by atoms with Gasteiger partial charge in [-0.25, -0.2) is 4.79 Å². The van der Waals surface area contributed by atoms with Crippen molar-refractivity contribution in [3.8, 4) is 0 Å². The van der Waals surface area contributed by atoms with E-state index in [-0.39, 0.29) is 19.4 Å². The predicted octanol–water partition coefficient (Wildman–Crippen LogP) is -2.77. The molecule has 1 aliphatic rings. The monoisotopic (exact) mass is 486 g/mol. The van der Waals surface area contributed by atoms with E-state index >= 15 is 0 Å². The summed E-state index contributed by atoms with van der Waals surface area (Å²) >= 11 is 0. The van der Waals surface area contributed by atoms with Gasteiger partial charge in [-0.05, 0) is 38.6 Å². The van der Waals surface area contributed by atoms with Crippen LogP contribution in [0.25, 0.3) is 0 Å². The lowest BCUT2D eigenvalue weighted by molar-refractivity contribution is -0.150. The molecule has 34 heavy (non-hydrogen) atoms. The van der Waals surface area contributed by atoms with Crippen molar-refractivity contribution in [2.75, 3.05) is 13.1 Å². The Morgan fingerprint density at radius 3 is 2.18 bits per heavy atom. The SMILES string of the molecule is NCCCCC(N)C(=O)NC(CC(N)=O)C(=O)NC(CCC(=O)O)C(=O)N1CCCC1C(=O)O. The van der Waals surface area contributed by atoms with Gasteiger partial charge in [0, 0.05) is 13.0 Å². The van der Waals surface area contributed by atoms with Crippen LogP contribution in [0.15, 0.2) is 0 Å². The lowest BCUT2D eigenvalue weighted by Crippen LogP contribution is -2.57. The van der Waals surface area contributed by atoms with Crippen molar-refractivity contribution in [3.63, 3.8) is 0 Å². The van der Waals surface area contributed by atoms with Crippen LogP contribution < -0.4 is 27.8 Å². The molecule has 1 fully saturated rings. The van der Waals surface area contributed by atoms with Gasteiger partial charge in [-0.2, -0.15) is 0 Å². The van der Waals surface area contributed by atoms with Crippen molar-refractivity contribution >= 4 is 35.6 Å². The smallest absolute Gasteiger partial charge is 0.326 e. The number of aliphatic carboxylic acids is 2. The number of carbonyl (C=O) groups excluding carboxylic acids is 4. The number of hydrogen-bond acceptors (Lipinski definition) is 8. The van der Waals surface area contributed by atoms with Crippen LogP contribution in [0.4, 0.5) is 0 Å². The topological polar surface area (TPSA) is 248 Å². The first-order valence-electron chi connectivity index (χ1n) is 11.1. The Balaban J connectivity index is 2.97. The quantitative estimate of drug-likeness (QED) is 0.117. The summed E-state index contributed by atoms with van der Waals surface area (Å²) < 4.78 is 0. The number of rotatable bonds is 15. The summed E-state index contributed by atoms with van der Waals surface area (Å²) in [5.41, 5.74) is 16.4. The number of nitrogens with two attached hydrogens (primary N) is 3. The van der Waals surface area contributed by atoms with Gasteiger partial charge in [0.05, 0.1) is 12.5 Å². The van der Waals surface area contributed by atoms with E-state index in [9.17, 15) is 33.9 Å². The van der Waals surface area contributed by atoms with E-state index in [2.05, 4.69) is 10.6 Å². The summed E-state index contributed by atoms with van der Waals surface area (Å²) in [6.45, 7) is 0.556. The van der Waals surface area contributed by atoms with Gasteiger partial charge in [0.15, 0.2) is 0 Å². The molecular formula is C20H34N6O8. The molecule has 0 aromatic rings. The number of amides is 4. The maximum atomic E-state index is 13.0. The molecule has 1 rings (SSSR count). The number of carboxylic acid groups (broad SMARTS) is 2. The number of nitrogens with one attached hydrogen (secondary N) is 2. The molecule has 1 aliphatic heterocycles. The first kappa shape index (κ1) is 28.8. The van der Waals surface area contributed by atoms with Gasteiger partial charge >= 0.3 is 11.9 Å². The summed E-state index contributed by atoms with van der Waals surface area (Å²) in [4.78, 5) is 73.2. The van der Waals surface area contributed by atoms with Crippen LogP contribution >= 0.6 is 0 Å². The molecule has 0 bridgehead atoms. The van der Waals surface area contributed by atoms with Gasteiger partial charge in [0.1, 0.15) is 18.1 Å². The Labute approximate surface area is 196 Å². The van der Waals surface area contributed by atoms with Crippen LogP contribution in [0.2, 0.25) is 0 Å². The highest BCUT2D eigenvalue weighted by atomic mass is 16.4. The number of likely N-dealkylation sites (tertiary alicyclic amines) is 1. The third-order valence-electron chi connectivity index (χ3n) is 5.43. The fourth-order valence-corrected chi connectivity index (χ4v) is 3.61. The van der Waals surface area contributed by atoms with Crippen molar-refractivity contribution in [1.29, 1.82) is 0 Å². The Morgan fingerprint density at radius 1 is 0.971 bits per heavy atom. The highest BCUT2D eigenvalue weighted by molar-refractivity contribution is 5.96. The molecule has 1 saturated heterocycles. The Morgan fingerprint density at radius 2 is 1.62 bits per heavy atom. The summed E-state index contributed by atoms with van der Waals surface area (Å²) in [7, 11) is 0. The van der Waals surface area contributed by atoms with Crippen molar-refractivity contribution in [2.45, 2.75) is 75.5 Å². The lowest BCUT2D eigenvalue weighted by atomic mass is 10.1. The minimum Gasteiger partial charge on any atom is -0.481 e. The second-order valence-corrected chi connectivity index (χ2v) is 8.14. The minimum absolute atomic E-state index is 0.133. The van der Waals surface area contributed by atoms with Gasteiger partial charge in [-0.15, -0.1) is 0 Å². The van der Waals surface area contributed by atoms with Gasteiger partial charge in [-0.1, -0.05) is 6.42 Å². The number of carbonyl (C=O) groups is 6. The average Bonchev–Trinajstić information content (AvgIpc) is 3.25. The molecule has 0 aromatic heterocycles. The van der Waals surface area contributed by atoms with Crippen LogP contribution in [0.1, 0.15) is 51.4 Å². The largest absolute Gasteiger partial charge is 0.481 e. The standard InChI is InChI=1S/C20H34N6O8/c21-8-2-1-4-11(22)17(30)25-13(10-15(23)27)18(31)24-12(6-7-16(28)29)19(32)26-9-3-5-14(26)20(33)34/h11-14H,1-10,21-22H2,(H2,23,27)(H,24,31)(H,25,30)(H,28,29)(H,33,34). The maximum Gasteiger partial charge on any atom is 0.326 e. The molecule has 4 amide bonds. The predicted molar refractivity (Wildman–Crippen MR) is 118 cm³/mol. The minimum atomic E-state index is -1.46. The van der Waals surface area contributed by atoms with Crippen molar-refractivity contribution < 1.29 is 39.0 Å². The van der Waals surface area contributed by atoms with Crippen molar-refractivity contribution in [3.05, 3.63) is 0 Å². The molecule has 14 nitrogen and oxygen atoms in total. The molecule has 0 spiro atoms. The normalized spacial score (nSPS) is 17.9. The third-order valence-corrected chi connectivity index (χ3v) is 5.43. The number of unbranched alkanes of at least 4 members (excludes halogenated alkanes) is 1. The molecule has 0 radical (unpaired) electrons. The fourth-order valence-electron chi connectivity index (χ4n) is 3.61. The zero-order chi connectivity index (χ0) is 25.8. The third kappa shape index (κ3) is 9.31. The summed E-state index contributed by atoms with van der Waals surface area (Å²) in [6.07, 6.45) is 0.776. The van der Waals surface area contributed by atoms with E-state index in [1.54, 1.807) is 0 Å². The van der Waals surface area contributed by atoms with Crippen LogP contribution in [0.5, 0.6) is 0 Å². The highest BCUT2D eigenvalue weighted by Crippen LogP contribution is 2.19. The van der Waals surface area contributed by atoms with E-state index in [1.165, 1.54) is 0 Å². The Bertz CT molecular complexity index is 776. The first-order chi connectivity index (χ1) is 16.0. The molecule has 4 atom stereocenters. The molecule has 0 aromatic carbocycles. The molecule has 4 unspecified atom stereocenters. The maximum absolute atomic E-state index is 13.0. The zero-order valence-corrected chi connectivity index (χ0v) is 18.9. The van der Waals surface area contributed by atoms with Crippen LogP contribution in [-0.4, -0.2) is 87.9 Å². The zero-order valence-electron chi connectivity index (χ0n) is 18.9. The molecule has 10 N–H and O–H groups in total. The van der Waals surface area contributed by atoms with Crippen LogP contribution in [0, 0.1) is 0 Å². The van der Waals surface area contributed by atoms with Gasteiger partial charge in [0.25, 0.3) is 0 Å². The number of hydrogen-bond donors (Lipinski definition) is 7. The van der Waals surface area contributed by atoms with Gasteiger partial charge in [0.2, 0.25) is 23.6 Å². The summed E-state index contributed by atoms with van der Waals surface area (Å²) in [6, 6.07) is -4.90. The molecule has 14 heteroatoms. The Hall–Kier alpha value is -3.26. The number of nitrogens with zero attached hydrogens (tertiary/aromatic N) is 1. The number of primary amides is 1. The van der Waals surface area contributed by atoms with Crippen LogP contribution in [0.3, 0.4) is 0 Å².